The quantitative estimate of drug-likeness (QED) is 0.889. The van der Waals surface area contributed by atoms with E-state index in [1.807, 2.05) is 37.3 Å². The van der Waals surface area contributed by atoms with Crippen molar-refractivity contribution in [3.05, 3.63) is 36.5 Å². The third-order valence-corrected chi connectivity index (χ3v) is 3.03. The molecule has 1 aromatic carbocycles. The maximum absolute atomic E-state index is 11.9. The second kappa shape index (κ2) is 5.63. The SMILES string of the molecule is CCCC(C)C(=O)Nc1cnc2ccccc2c1. The minimum absolute atomic E-state index is 0.0430. The molecule has 1 unspecified atom stereocenters. The number of benzene rings is 1. The highest BCUT2D eigenvalue weighted by atomic mass is 16.1. The largest absolute Gasteiger partial charge is 0.324 e. The van der Waals surface area contributed by atoms with Gasteiger partial charge in [-0.25, -0.2) is 0 Å². The van der Waals surface area contributed by atoms with Gasteiger partial charge in [0, 0.05) is 11.3 Å². The molecule has 0 aliphatic heterocycles. The number of aromatic nitrogens is 1. The van der Waals surface area contributed by atoms with E-state index in [-0.39, 0.29) is 11.8 Å². The molecule has 2 aromatic rings. The molecule has 0 saturated heterocycles. The van der Waals surface area contributed by atoms with Crippen LogP contribution in [-0.2, 0) is 4.79 Å². The molecule has 1 atom stereocenters. The van der Waals surface area contributed by atoms with Crippen LogP contribution in [0.4, 0.5) is 5.69 Å². The van der Waals surface area contributed by atoms with Gasteiger partial charge in [-0.15, -0.1) is 0 Å². The van der Waals surface area contributed by atoms with E-state index in [1.165, 1.54) is 0 Å². The lowest BCUT2D eigenvalue weighted by molar-refractivity contribution is -0.119. The smallest absolute Gasteiger partial charge is 0.227 e. The normalized spacial score (nSPS) is 12.3. The molecule has 3 heteroatoms. The van der Waals surface area contributed by atoms with Gasteiger partial charge < -0.3 is 5.32 Å². The number of pyridine rings is 1. The Labute approximate surface area is 107 Å². The van der Waals surface area contributed by atoms with Crippen LogP contribution in [0.25, 0.3) is 10.9 Å². The van der Waals surface area contributed by atoms with E-state index in [9.17, 15) is 4.79 Å². The average Bonchev–Trinajstić information content (AvgIpc) is 2.39. The van der Waals surface area contributed by atoms with Gasteiger partial charge in [-0.3, -0.25) is 9.78 Å². The van der Waals surface area contributed by atoms with Gasteiger partial charge in [-0.1, -0.05) is 38.5 Å². The number of fused-ring (bicyclic) bond motifs is 1. The molecule has 0 radical (unpaired) electrons. The van der Waals surface area contributed by atoms with E-state index < -0.39 is 0 Å². The summed E-state index contributed by atoms with van der Waals surface area (Å²) in [6, 6.07) is 9.83. The van der Waals surface area contributed by atoms with Crippen LogP contribution in [0.15, 0.2) is 36.5 Å². The lowest BCUT2D eigenvalue weighted by Crippen LogP contribution is -2.20. The third-order valence-electron chi connectivity index (χ3n) is 3.03. The zero-order valence-corrected chi connectivity index (χ0v) is 10.8. The number of anilines is 1. The number of nitrogens with one attached hydrogen (secondary N) is 1. The summed E-state index contributed by atoms with van der Waals surface area (Å²) in [5.74, 6) is 0.107. The molecule has 2 rings (SSSR count). The van der Waals surface area contributed by atoms with Crippen molar-refractivity contribution >= 4 is 22.5 Å². The van der Waals surface area contributed by atoms with E-state index in [0.717, 1.165) is 29.4 Å². The maximum atomic E-state index is 11.9. The van der Waals surface area contributed by atoms with Crippen molar-refractivity contribution in [3.63, 3.8) is 0 Å². The fraction of sp³-hybridized carbons (Fsp3) is 0.333. The fourth-order valence-electron chi connectivity index (χ4n) is 1.97. The summed E-state index contributed by atoms with van der Waals surface area (Å²) in [6.07, 6.45) is 3.64. The zero-order valence-electron chi connectivity index (χ0n) is 10.8. The standard InChI is InChI=1S/C15H18N2O/c1-3-6-11(2)15(18)17-13-9-12-7-4-5-8-14(12)16-10-13/h4-5,7-11H,3,6H2,1-2H3,(H,17,18). The van der Waals surface area contributed by atoms with Gasteiger partial charge in [0.15, 0.2) is 0 Å². The molecular weight excluding hydrogens is 224 g/mol. The Bertz CT molecular complexity index is 551. The lowest BCUT2D eigenvalue weighted by Gasteiger charge is -2.11. The minimum atomic E-state index is 0.0430. The van der Waals surface area contributed by atoms with Gasteiger partial charge in [0.05, 0.1) is 17.4 Å². The molecule has 3 nitrogen and oxygen atoms in total. The number of hydrogen-bond donors (Lipinski definition) is 1. The summed E-state index contributed by atoms with van der Waals surface area (Å²) in [5.41, 5.74) is 1.71. The Hall–Kier alpha value is -1.90. The van der Waals surface area contributed by atoms with Crippen LogP contribution in [0.1, 0.15) is 26.7 Å². The van der Waals surface area contributed by atoms with E-state index in [2.05, 4.69) is 17.2 Å². The Morgan fingerprint density at radius 1 is 1.39 bits per heavy atom. The predicted octanol–water partition coefficient (Wildman–Crippen LogP) is 3.61. The third kappa shape index (κ3) is 2.86. The highest BCUT2D eigenvalue weighted by Crippen LogP contribution is 2.17. The van der Waals surface area contributed by atoms with E-state index in [4.69, 9.17) is 0 Å². The molecule has 1 N–H and O–H groups in total. The Morgan fingerprint density at radius 3 is 2.94 bits per heavy atom. The molecule has 0 aliphatic carbocycles. The molecule has 1 heterocycles. The zero-order chi connectivity index (χ0) is 13.0. The number of carbonyl (C=O) groups excluding carboxylic acids is 1. The maximum Gasteiger partial charge on any atom is 0.227 e. The molecule has 1 amide bonds. The summed E-state index contributed by atoms with van der Waals surface area (Å²) in [6.45, 7) is 4.04. The van der Waals surface area contributed by atoms with E-state index in [1.54, 1.807) is 6.20 Å². The molecule has 0 aliphatic rings. The summed E-state index contributed by atoms with van der Waals surface area (Å²) in [5, 5.41) is 3.96. The van der Waals surface area contributed by atoms with E-state index >= 15 is 0 Å². The Morgan fingerprint density at radius 2 is 2.17 bits per heavy atom. The van der Waals surface area contributed by atoms with Crippen LogP contribution >= 0.6 is 0 Å². The van der Waals surface area contributed by atoms with Gasteiger partial charge in [0.25, 0.3) is 0 Å². The first-order valence-corrected chi connectivity index (χ1v) is 6.36. The van der Waals surface area contributed by atoms with Gasteiger partial charge >= 0.3 is 0 Å². The highest BCUT2D eigenvalue weighted by Gasteiger charge is 2.11. The van der Waals surface area contributed by atoms with Crippen LogP contribution in [0, 0.1) is 5.92 Å². The lowest BCUT2D eigenvalue weighted by atomic mass is 10.1. The first kappa shape index (κ1) is 12.6. The highest BCUT2D eigenvalue weighted by molar-refractivity contribution is 5.94. The first-order valence-electron chi connectivity index (χ1n) is 6.36. The first-order chi connectivity index (χ1) is 8.70. The number of para-hydroxylation sites is 1. The van der Waals surface area contributed by atoms with Gasteiger partial charge in [0.1, 0.15) is 0 Å². The summed E-state index contributed by atoms with van der Waals surface area (Å²) in [4.78, 5) is 16.2. The molecule has 0 spiro atoms. The van der Waals surface area contributed by atoms with Crippen molar-refractivity contribution in [1.82, 2.24) is 4.98 Å². The molecule has 94 valence electrons. The fourth-order valence-corrected chi connectivity index (χ4v) is 1.97. The van der Waals surface area contributed by atoms with Gasteiger partial charge in [-0.05, 0) is 18.6 Å². The second-order valence-electron chi connectivity index (χ2n) is 4.60. The van der Waals surface area contributed by atoms with Gasteiger partial charge in [0.2, 0.25) is 5.91 Å². The van der Waals surface area contributed by atoms with E-state index in [0.29, 0.717) is 0 Å². The van der Waals surface area contributed by atoms with Crippen molar-refractivity contribution in [2.75, 3.05) is 5.32 Å². The van der Waals surface area contributed by atoms with Crippen LogP contribution < -0.4 is 5.32 Å². The van der Waals surface area contributed by atoms with Crippen molar-refractivity contribution < 1.29 is 4.79 Å². The van der Waals surface area contributed by atoms with Crippen LogP contribution in [-0.4, -0.2) is 10.9 Å². The summed E-state index contributed by atoms with van der Waals surface area (Å²) < 4.78 is 0. The van der Waals surface area contributed by atoms with Gasteiger partial charge in [-0.2, -0.15) is 0 Å². The van der Waals surface area contributed by atoms with Crippen LogP contribution in [0.5, 0.6) is 0 Å². The van der Waals surface area contributed by atoms with Crippen molar-refractivity contribution in [1.29, 1.82) is 0 Å². The average molecular weight is 242 g/mol. The van der Waals surface area contributed by atoms with Crippen molar-refractivity contribution in [3.8, 4) is 0 Å². The number of carbonyl (C=O) groups is 1. The molecule has 18 heavy (non-hydrogen) atoms. The monoisotopic (exact) mass is 242 g/mol. The van der Waals surface area contributed by atoms with Crippen LogP contribution in [0.3, 0.4) is 0 Å². The van der Waals surface area contributed by atoms with Crippen molar-refractivity contribution in [2.45, 2.75) is 26.7 Å². The Kier molecular flexibility index (Phi) is 3.92. The topological polar surface area (TPSA) is 42.0 Å². The number of amides is 1. The minimum Gasteiger partial charge on any atom is -0.324 e. The Balaban J connectivity index is 2.14. The summed E-state index contributed by atoms with van der Waals surface area (Å²) >= 11 is 0. The molecule has 0 bridgehead atoms. The van der Waals surface area contributed by atoms with Crippen molar-refractivity contribution in [2.24, 2.45) is 5.92 Å². The number of rotatable bonds is 4. The molecule has 0 fully saturated rings. The predicted molar refractivity (Wildman–Crippen MR) is 74.4 cm³/mol. The second-order valence-corrected chi connectivity index (χ2v) is 4.60. The molecule has 1 aromatic heterocycles. The summed E-state index contributed by atoms with van der Waals surface area (Å²) in [7, 11) is 0. The number of hydrogen-bond acceptors (Lipinski definition) is 2. The molecule has 0 saturated carbocycles. The number of nitrogens with zero attached hydrogens (tertiary/aromatic N) is 1. The van der Waals surface area contributed by atoms with Crippen LogP contribution in [0.2, 0.25) is 0 Å². The molecular formula is C15H18N2O.